The van der Waals surface area contributed by atoms with Gasteiger partial charge in [0.05, 0.1) is 16.5 Å². The van der Waals surface area contributed by atoms with E-state index in [1.54, 1.807) is 5.32 Å². The number of carbonyl (C=O) groups is 2. The van der Waals surface area contributed by atoms with E-state index in [-0.39, 0.29) is 22.0 Å². The van der Waals surface area contributed by atoms with Gasteiger partial charge in [0.25, 0.3) is 5.91 Å². The molecule has 2 N–H and O–H groups in total. The molecule has 40 heavy (non-hydrogen) atoms. The predicted octanol–water partition coefficient (Wildman–Crippen LogP) is 7.32. The van der Waals surface area contributed by atoms with Crippen molar-refractivity contribution in [1.29, 1.82) is 0 Å². The molecule has 0 aliphatic heterocycles. The van der Waals surface area contributed by atoms with Crippen LogP contribution in [0.1, 0.15) is 41.3 Å². The van der Waals surface area contributed by atoms with Crippen LogP contribution >= 0.6 is 27.5 Å². The maximum absolute atomic E-state index is 14.0. The Labute approximate surface area is 235 Å². The van der Waals surface area contributed by atoms with E-state index in [2.05, 4.69) is 26.0 Å². The molecule has 2 aromatic carbocycles. The molecule has 2 rings (SSSR count). The SMILES string of the molecule is CC(Cc1ccc(C(=O)N[C@H](C)C(=O)NCC(F)(F)F)c(Br)c1)C(c1ccc(OC(F)(F)F)c(Cl)c1)C(F)(F)F. The molecule has 2 unspecified atom stereocenters. The second-order valence-corrected chi connectivity index (χ2v) is 10.0. The van der Waals surface area contributed by atoms with Gasteiger partial charge in [-0.05, 0) is 70.6 Å². The third kappa shape index (κ3) is 10.1. The van der Waals surface area contributed by atoms with E-state index in [1.807, 2.05) is 0 Å². The molecule has 0 saturated carbocycles. The molecule has 0 aliphatic carbocycles. The number of hydrogen-bond acceptors (Lipinski definition) is 3. The summed E-state index contributed by atoms with van der Waals surface area (Å²) in [6.45, 7) is 0.861. The van der Waals surface area contributed by atoms with E-state index in [9.17, 15) is 49.1 Å². The van der Waals surface area contributed by atoms with Crippen molar-refractivity contribution in [2.45, 2.75) is 50.9 Å². The Morgan fingerprint density at radius 2 is 1.60 bits per heavy atom. The topological polar surface area (TPSA) is 67.4 Å². The Balaban J connectivity index is 2.18. The maximum atomic E-state index is 14.0. The van der Waals surface area contributed by atoms with Gasteiger partial charge in [-0.25, -0.2) is 0 Å². The molecule has 0 saturated heterocycles. The van der Waals surface area contributed by atoms with Crippen LogP contribution in [0.5, 0.6) is 5.75 Å². The minimum atomic E-state index is -5.09. The van der Waals surface area contributed by atoms with Crippen LogP contribution in [0.4, 0.5) is 39.5 Å². The monoisotopic (exact) mass is 670 g/mol. The summed E-state index contributed by atoms with van der Waals surface area (Å²) >= 11 is 8.87. The fourth-order valence-corrected chi connectivity index (χ4v) is 4.63. The van der Waals surface area contributed by atoms with Gasteiger partial charge in [-0.3, -0.25) is 9.59 Å². The van der Waals surface area contributed by atoms with E-state index in [0.29, 0.717) is 11.6 Å². The number of carbonyl (C=O) groups excluding carboxylic acids is 2. The molecule has 0 spiro atoms. The van der Waals surface area contributed by atoms with E-state index >= 15 is 0 Å². The number of rotatable bonds is 9. The van der Waals surface area contributed by atoms with Crippen LogP contribution in [0, 0.1) is 5.92 Å². The van der Waals surface area contributed by atoms with Crippen molar-refractivity contribution < 1.29 is 53.8 Å². The van der Waals surface area contributed by atoms with Gasteiger partial charge < -0.3 is 15.4 Å². The van der Waals surface area contributed by atoms with Crippen LogP contribution in [0.25, 0.3) is 0 Å². The fraction of sp³-hybridized carbons (Fsp3) is 0.417. The summed E-state index contributed by atoms with van der Waals surface area (Å²) in [6, 6.07) is 4.94. The van der Waals surface area contributed by atoms with E-state index in [1.165, 1.54) is 32.0 Å². The molecule has 3 atom stereocenters. The first kappa shape index (κ1) is 33.5. The third-order valence-corrected chi connectivity index (χ3v) is 6.45. The minimum absolute atomic E-state index is 0.0359. The summed E-state index contributed by atoms with van der Waals surface area (Å²) in [4.78, 5) is 24.3. The van der Waals surface area contributed by atoms with Crippen molar-refractivity contribution >= 4 is 39.3 Å². The maximum Gasteiger partial charge on any atom is 0.573 e. The van der Waals surface area contributed by atoms with Gasteiger partial charge in [0.2, 0.25) is 5.91 Å². The molecular weight excluding hydrogens is 651 g/mol. The Morgan fingerprint density at radius 1 is 0.975 bits per heavy atom. The summed E-state index contributed by atoms with van der Waals surface area (Å²) in [7, 11) is 0. The summed E-state index contributed by atoms with van der Waals surface area (Å²) in [5.41, 5.74) is -0.0667. The van der Waals surface area contributed by atoms with E-state index < -0.39 is 65.7 Å². The average Bonchev–Trinajstić information content (AvgIpc) is 2.77. The number of halogens is 11. The lowest BCUT2D eigenvalue weighted by Crippen LogP contribution is -2.47. The third-order valence-electron chi connectivity index (χ3n) is 5.50. The molecule has 16 heteroatoms. The predicted molar refractivity (Wildman–Crippen MR) is 130 cm³/mol. The average molecular weight is 672 g/mol. The molecule has 2 amide bonds. The van der Waals surface area contributed by atoms with Gasteiger partial charge in [0, 0.05) is 4.47 Å². The molecule has 5 nitrogen and oxygen atoms in total. The second-order valence-electron chi connectivity index (χ2n) is 8.78. The lowest BCUT2D eigenvalue weighted by molar-refractivity contribution is -0.274. The first-order chi connectivity index (χ1) is 18.2. The fourth-order valence-electron chi connectivity index (χ4n) is 3.80. The Morgan fingerprint density at radius 3 is 2.10 bits per heavy atom. The van der Waals surface area contributed by atoms with Crippen LogP contribution in [-0.2, 0) is 11.2 Å². The first-order valence-corrected chi connectivity index (χ1v) is 12.4. The quantitative estimate of drug-likeness (QED) is 0.275. The lowest BCUT2D eigenvalue weighted by atomic mass is 9.82. The Kier molecular flexibility index (Phi) is 10.8. The molecule has 2 aromatic rings. The van der Waals surface area contributed by atoms with Crippen LogP contribution in [0.15, 0.2) is 40.9 Å². The number of hydrogen-bond donors (Lipinski definition) is 2. The number of alkyl halides is 9. The van der Waals surface area contributed by atoms with E-state index in [4.69, 9.17) is 11.6 Å². The van der Waals surface area contributed by atoms with Gasteiger partial charge in [0.1, 0.15) is 18.3 Å². The summed E-state index contributed by atoms with van der Waals surface area (Å²) < 4.78 is 120. The van der Waals surface area contributed by atoms with Crippen molar-refractivity contribution in [2.24, 2.45) is 5.92 Å². The van der Waals surface area contributed by atoms with Gasteiger partial charge in [-0.1, -0.05) is 30.7 Å². The Hall–Kier alpha value is -2.68. The number of amides is 2. The van der Waals surface area contributed by atoms with Gasteiger partial charge in [-0.2, -0.15) is 26.3 Å². The first-order valence-electron chi connectivity index (χ1n) is 11.2. The highest BCUT2D eigenvalue weighted by molar-refractivity contribution is 9.10. The zero-order valence-corrected chi connectivity index (χ0v) is 22.8. The van der Waals surface area contributed by atoms with Crippen molar-refractivity contribution in [3.8, 4) is 5.75 Å². The molecule has 0 radical (unpaired) electrons. The Bertz CT molecular complexity index is 1220. The summed E-state index contributed by atoms with van der Waals surface area (Å²) in [5, 5.41) is 3.20. The number of nitrogens with one attached hydrogen (secondary N) is 2. The number of ether oxygens (including phenoxy) is 1. The standard InChI is InChI=1S/C24H21BrClF9N2O3/c1-11(19(23(30,31)32)14-4-6-18(17(26)9-14)40-24(33,34)35)7-13-3-5-15(16(25)8-13)21(39)37-12(2)20(38)36-10-22(27,28)29/h3-6,8-9,11-12,19H,7,10H2,1-2H3,(H,36,38)(H,37,39)/t11?,12-,19?/m1/s1. The molecule has 0 heterocycles. The number of benzene rings is 2. The molecule has 0 fully saturated rings. The highest BCUT2D eigenvalue weighted by Gasteiger charge is 2.44. The minimum Gasteiger partial charge on any atom is -0.404 e. The van der Waals surface area contributed by atoms with E-state index in [0.717, 1.165) is 12.1 Å². The van der Waals surface area contributed by atoms with Gasteiger partial charge in [0.15, 0.2) is 0 Å². The molecule has 0 aliphatic rings. The molecular formula is C24H21BrClF9N2O3. The molecule has 222 valence electrons. The zero-order chi connectivity index (χ0) is 30.6. The van der Waals surface area contributed by atoms with Crippen molar-refractivity contribution in [2.75, 3.05) is 6.54 Å². The second kappa shape index (κ2) is 12.9. The summed E-state index contributed by atoms with van der Waals surface area (Å²) in [5.74, 6) is -6.03. The van der Waals surface area contributed by atoms with Crippen LogP contribution < -0.4 is 15.4 Å². The van der Waals surface area contributed by atoms with Gasteiger partial charge >= 0.3 is 18.7 Å². The van der Waals surface area contributed by atoms with Crippen molar-refractivity contribution in [3.63, 3.8) is 0 Å². The lowest BCUT2D eigenvalue weighted by Gasteiger charge is -2.27. The smallest absolute Gasteiger partial charge is 0.404 e. The molecule has 0 aromatic heterocycles. The van der Waals surface area contributed by atoms with Crippen LogP contribution in [-0.4, -0.2) is 43.1 Å². The van der Waals surface area contributed by atoms with Crippen LogP contribution in [0.3, 0.4) is 0 Å². The summed E-state index contributed by atoms with van der Waals surface area (Å²) in [6.07, 6.45) is -14.7. The zero-order valence-electron chi connectivity index (χ0n) is 20.5. The van der Waals surface area contributed by atoms with Crippen molar-refractivity contribution in [1.82, 2.24) is 10.6 Å². The largest absolute Gasteiger partial charge is 0.573 e. The highest BCUT2D eigenvalue weighted by atomic mass is 79.9. The molecule has 0 bridgehead atoms. The van der Waals surface area contributed by atoms with Crippen LogP contribution in [0.2, 0.25) is 5.02 Å². The van der Waals surface area contributed by atoms with Gasteiger partial charge in [-0.15, -0.1) is 13.2 Å². The normalized spacial score (nSPS) is 14.7. The van der Waals surface area contributed by atoms with Crippen molar-refractivity contribution in [3.05, 3.63) is 62.6 Å². The highest BCUT2D eigenvalue weighted by Crippen LogP contribution is 2.44.